The summed E-state index contributed by atoms with van der Waals surface area (Å²) in [5, 5.41) is 3.25. The molecule has 94 valence electrons. The predicted molar refractivity (Wildman–Crippen MR) is 70.3 cm³/mol. The summed E-state index contributed by atoms with van der Waals surface area (Å²) < 4.78 is 0. The summed E-state index contributed by atoms with van der Waals surface area (Å²) in [4.78, 5) is 9.44. The molecule has 0 fully saturated rings. The van der Waals surface area contributed by atoms with Crippen molar-refractivity contribution in [2.24, 2.45) is 0 Å². The molecule has 1 aromatic heterocycles. The Morgan fingerprint density at radius 1 is 1.18 bits per heavy atom. The van der Waals surface area contributed by atoms with E-state index in [1.54, 1.807) is 0 Å². The molecule has 1 N–H and O–H groups in total. The summed E-state index contributed by atoms with van der Waals surface area (Å²) in [6.07, 6.45) is 7.14. The highest BCUT2D eigenvalue weighted by atomic mass is 14.9. The standard InChI is InChI=1S/C14H23N3/c1-10(15-3)9-14-16-11(2)12-7-5-4-6-8-13(12)17-14/h10,15H,4-9H2,1-3H3. The number of rotatable bonds is 3. The van der Waals surface area contributed by atoms with Crippen molar-refractivity contribution >= 4 is 0 Å². The number of fused-ring (bicyclic) bond motifs is 1. The molecule has 17 heavy (non-hydrogen) atoms. The van der Waals surface area contributed by atoms with Gasteiger partial charge in [0, 0.05) is 23.9 Å². The fourth-order valence-corrected chi connectivity index (χ4v) is 2.49. The average molecular weight is 233 g/mol. The van der Waals surface area contributed by atoms with Crippen molar-refractivity contribution in [1.29, 1.82) is 0 Å². The number of hydrogen-bond donors (Lipinski definition) is 1. The molecule has 0 amide bonds. The molecule has 3 heteroatoms. The minimum atomic E-state index is 0.443. The van der Waals surface area contributed by atoms with E-state index >= 15 is 0 Å². The summed E-state index contributed by atoms with van der Waals surface area (Å²) >= 11 is 0. The van der Waals surface area contributed by atoms with Gasteiger partial charge in [0.05, 0.1) is 0 Å². The quantitative estimate of drug-likeness (QED) is 0.813. The number of aromatic nitrogens is 2. The molecule has 0 spiro atoms. The zero-order chi connectivity index (χ0) is 12.3. The van der Waals surface area contributed by atoms with Gasteiger partial charge in [-0.3, -0.25) is 0 Å². The third-order valence-corrected chi connectivity index (χ3v) is 3.67. The first-order valence-corrected chi connectivity index (χ1v) is 6.73. The fourth-order valence-electron chi connectivity index (χ4n) is 2.49. The SMILES string of the molecule is CNC(C)Cc1nc(C)c2c(n1)CCCCC2. The van der Waals surface area contributed by atoms with Gasteiger partial charge < -0.3 is 5.32 Å². The molecule has 0 radical (unpaired) electrons. The van der Waals surface area contributed by atoms with Crippen molar-refractivity contribution in [3.63, 3.8) is 0 Å². The van der Waals surface area contributed by atoms with Crippen molar-refractivity contribution < 1.29 is 0 Å². The lowest BCUT2D eigenvalue weighted by Gasteiger charge is -2.13. The molecule has 0 saturated heterocycles. The van der Waals surface area contributed by atoms with Crippen LogP contribution in [0.3, 0.4) is 0 Å². The molecule has 3 nitrogen and oxygen atoms in total. The van der Waals surface area contributed by atoms with Gasteiger partial charge in [0.2, 0.25) is 0 Å². The van der Waals surface area contributed by atoms with Gasteiger partial charge in [0.1, 0.15) is 5.82 Å². The highest BCUT2D eigenvalue weighted by Crippen LogP contribution is 2.21. The first-order chi connectivity index (χ1) is 8.20. The van der Waals surface area contributed by atoms with E-state index in [2.05, 4.69) is 24.1 Å². The van der Waals surface area contributed by atoms with Crippen LogP contribution in [0.1, 0.15) is 49.0 Å². The predicted octanol–water partition coefficient (Wildman–Crippen LogP) is 2.20. The Morgan fingerprint density at radius 3 is 2.71 bits per heavy atom. The molecule has 1 aromatic rings. The van der Waals surface area contributed by atoms with Crippen LogP contribution in [0.25, 0.3) is 0 Å². The van der Waals surface area contributed by atoms with E-state index < -0.39 is 0 Å². The molecule has 1 atom stereocenters. The first-order valence-electron chi connectivity index (χ1n) is 6.73. The van der Waals surface area contributed by atoms with Crippen LogP contribution in [0.5, 0.6) is 0 Å². The van der Waals surface area contributed by atoms with Crippen molar-refractivity contribution in [2.75, 3.05) is 7.05 Å². The molecule has 0 aliphatic heterocycles. The van der Waals surface area contributed by atoms with E-state index in [0.717, 1.165) is 18.7 Å². The minimum Gasteiger partial charge on any atom is -0.317 e. The molecule has 1 aliphatic rings. The van der Waals surface area contributed by atoms with Crippen LogP contribution in [-0.2, 0) is 19.3 Å². The van der Waals surface area contributed by atoms with Crippen LogP contribution in [0.2, 0.25) is 0 Å². The van der Waals surface area contributed by atoms with Crippen LogP contribution < -0.4 is 5.32 Å². The molecule has 2 rings (SSSR count). The Labute approximate surface area is 104 Å². The Kier molecular flexibility index (Phi) is 4.11. The Hall–Kier alpha value is -0.960. The molecule has 1 unspecified atom stereocenters. The summed E-state index contributed by atoms with van der Waals surface area (Å²) in [7, 11) is 1.99. The first kappa shape index (κ1) is 12.5. The van der Waals surface area contributed by atoms with E-state index in [9.17, 15) is 0 Å². The second kappa shape index (κ2) is 5.58. The van der Waals surface area contributed by atoms with Gasteiger partial charge in [-0.25, -0.2) is 9.97 Å². The Balaban J connectivity index is 2.25. The summed E-state index contributed by atoms with van der Waals surface area (Å²) in [6.45, 7) is 4.31. The lowest BCUT2D eigenvalue weighted by atomic mass is 10.1. The Morgan fingerprint density at radius 2 is 1.94 bits per heavy atom. The number of likely N-dealkylation sites (N-methyl/N-ethyl adjacent to an activating group) is 1. The second-order valence-electron chi connectivity index (χ2n) is 5.10. The van der Waals surface area contributed by atoms with E-state index in [1.807, 2.05) is 7.05 Å². The largest absolute Gasteiger partial charge is 0.317 e. The van der Waals surface area contributed by atoms with Crippen LogP contribution in [0.4, 0.5) is 0 Å². The third-order valence-electron chi connectivity index (χ3n) is 3.67. The van der Waals surface area contributed by atoms with Gasteiger partial charge in [-0.1, -0.05) is 6.42 Å². The molecule has 1 heterocycles. The molecule has 0 bridgehead atoms. The molecular formula is C14H23N3. The smallest absolute Gasteiger partial charge is 0.130 e. The molecule has 0 saturated carbocycles. The van der Waals surface area contributed by atoms with E-state index in [-0.39, 0.29) is 0 Å². The zero-order valence-electron chi connectivity index (χ0n) is 11.2. The lowest BCUT2D eigenvalue weighted by Crippen LogP contribution is -2.25. The van der Waals surface area contributed by atoms with Gasteiger partial charge in [-0.15, -0.1) is 0 Å². The van der Waals surface area contributed by atoms with Crippen molar-refractivity contribution in [3.8, 4) is 0 Å². The van der Waals surface area contributed by atoms with Crippen LogP contribution in [0, 0.1) is 6.92 Å². The molecular weight excluding hydrogens is 210 g/mol. The van der Waals surface area contributed by atoms with Crippen molar-refractivity contribution in [2.45, 2.75) is 58.4 Å². The van der Waals surface area contributed by atoms with Gasteiger partial charge in [-0.05, 0) is 52.1 Å². The maximum Gasteiger partial charge on any atom is 0.130 e. The summed E-state index contributed by atoms with van der Waals surface area (Å²) in [5.41, 5.74) is 3.94. The van der Waals surface area contributed by atoms with Gasteiger partial charge in [0.15, 0.2) is 0 Å². The molecule has 0 aromatic carbocycles. The number of hydrogen-bond acceptors (Lipinski definition) is 3. The normalized spacial score (nSPS) is 17.4. The number of nitrogens with zero attached hydrogens (tertiary/aromatic N) is 2. The van der Waals surface area contributed by atoms with Gasteiger partial charge >= 0.3 is 0 Å². The number of nitrogens with one attached hydrogen (secondary N) is 1. The monoisotopic (exact) mass is 233 g/mol. The van der Waals surface area contributed by atoms with Gasteiger partial charge in [-0.2, -0.15) is 0 Å². The highest BCUT2D eigenvalue weighted by Gasteiger charge is 2.15. The summed E-state index contributed by atoms with van der Waals surface area (Å²) in [5.74, 6) is 1.00. The van der Waals surface area contributed by atoms with Crippen molar-refractivity contribution in [3.05, 3.63) is 22.8 Å². The minimum absolute atomic E-state index is 0.443. The van der Waals surface area contributed by atoms with E-state index in [0.29, 0.717) is 6.04 Å². The van der Waals surface area contributed by atoms with Gasteiger partial charge in [0.25, 0.3) is 0 Å². The highest BCUT2D eigenvalue weighted by molar-refractivity contribution is 5.26. The fraction of sp³-hybridized carbons (Fsp3) is 0.714. The molecule has 1 aliphatic carbocycles. The van der Waals surface area contributed by atoms with Crippen molar-refractivity contribution in [1.82, 2.24) is 15.3 Å². The Bertz CT molecular complexity index is 387. The van der Waals surface area contributed by atoms with Crippen LogP contribution in [0.15, 0.2) is 0 Å². The van der Waals surface area contributed by atoms with E-state index in [4.69, 9.17) is 4.98 Å². The second-order valence-corrected chi connectivity index (χ2v) is 5.10. The van der Waals surface area contributed by atoms with Crippen LogP contribution in [-0.4, -0.2) is 23.1 Å². The number of aryl methyl sites for hydroxylation is 2. The zero-order valence-corrected chi connectivity index (χ0v) is 11.2. The maximum atomic E-state index is 4.77. The summed E-state index contributed by atoms with van der Waals surface area (Å²) in [6, 6.07) is 0.443. The van der Waals surface area contributed by atoms with E-state index in [1.165, 1.54) is 42.6 Å². The lowest BCUT2D eigenvalue weighted by molar-refractivity contribution is 0.586. The maximum absolute atomic E-state index is 4.77. The topological polar surface area (TPSA) is 37.8 Å². The third kappa shape index (κ3) is 3.03. The average Bonchev–Trinajstić information content (AvgIpc) is 2.54. The van der Waals surface area contributed by atoms with Crippen LogP contribution >= 0.6 is 0 Å².